The molecule has 29 heavy (non-hydrogen) atoms. The van der Waals surface area contributed by atoms with Crippen LogP contribution in [0.3, 0.4) is 0 Å². The lowest BCUT2D eigenvalue weighted by Gasteiger charge is -2.34. The van der Waals surface area contributed by atoms with Crippen molar-refractivity contribution in [1.82, 2.24) is 5.32 Å². The second kappa shape index (κ2) is 10.0. The smallest absolute Gasteiger partial charge is 0.353 e. The summed E-state index contributed by atoms with van der Waals surface area (Å²) in [6, 6.07) is 3.88. The molecule has 0 aliphatic heterocycles. The number of rotatable bonds is 8. The van der Waals surface area contributed by atoms with Gasteiger partial charge in [0.2, 0.25) is 5.91 Å². The first-order chi connectivity index (χ1) is 13.4. The molecule has 1 aromatic rings. The summed E-state index contributed by atoms with van der Waals surface area (Å²) in [6.07, 6.45) is -9.60. The maximum absolute atomic E-state index is 13.2. The van der Waals surface area contributed by atoms with Gasteiger partial charge in [-0.1, -0.05) is 13.3 Å². The van der Waals surface area contributed by atoms with Gasteiger partial charge in [-0.25, -0.2) is 0 Å². The summed E-state index contributed by atoms with van der Waals surface area (Å²) >= 11 is 0. The molecule has 0 spiro atoms. The van der Waals surface area contributed by atoms with Gasteiger partial charge in [0.05, 0.1) is 29.7 Å². The first-order valence-electron chi connectivity index (χ1n) is 8.54. The third-order valence-corrected chi connectivity index (χ3v) is 3.89. The molecule has 5 nitrogen and oxygen atoms in total. The minimum absolute atomic E-state index is 0.0597. The van der Waals surface area contributed by atoms with E-state index in [1.54, 1.807) is 13.0 Å². The molecule has 1 N–H and O–H groups in total. The number of carbonyl (C=O) groups excluding carboxylic acids is 1. The highest BCUT2D eigenvalue weighted by atomic mass is 19.4. The van der Waals surface area contributed by atoms with Gasteiger partial charge >= 0.3 is 12.4 Å². The van der Waals surface area contributed by atoms with E-state index in [9.17, 15) is 31.1 Å². The summed E-state index contributed by atoms with van der Waals surface area (Å²) in [5.74, 6) is -0.829. The zero-order valence-electron chi connectivity index (χ0n) is 15.4. The first-order valence-corrected chi connectivity index (χ1v) is 8.54. The van der Waals surface area contributed by atoms with E-state index in [1.165, 1.54) is 6.07 Å². The SMILES string of the molecule is CCCC(C(=O)NCCC#N)N(CC(F)(F)F)c1ccc(C#N)c(C(F)(F)F)c1. The van der Waals surface area contributed by atoms with Crippen LogP contribution in [0.1, 0.15) is 37.3 Å². The van der Waals surface area contributed by atoms with Crippen molar-refractivity contribution in [2.24, 2.45) is 0 Å². The van der Waals surface area contributed by atoms with Gasteiger partial charge in [-0.05, 0) is 24.6 Å². The number of hydrogen-bond donors (Lipinski definition) is 1. The second-order valence-electron chi connectivity index (χ2n) is 6.09. The molecule has 0 fully saturated rings. The largest absolute Gasteiger partial charge is 0.417 e. The lowest BCUT2D eigenvalue weighted by molar-refractivity contribution is -0.137. The van der Waals surface area contributed by atoms with Crippen LogP contribution >= 0.6 is 0 Å². The maximum Gasteiger partial charge on any atom is 0.417 e. The quantitative estimate of drug-likeness (QED) is 0.506. The Balaban J connectivity index is 3.45. The Kier molecular flexibility index (Phi) is 8.31. The van der Waals surface area contributed by atoms with Crippen LogP contribution < -0.4 is 10.2 Å². The molecular formula is C18H18F6N4O. The highest BCUT2D eigenvalue weighted by Crippen LogP contribution is 2.36. The van der Waals surface area contributed by atoms with Gasteiger partial charge < -0.3 is 10.2 Å². The Morgan fingerprint density at radius 2 is 1.86 bits per heavy atom. The van der Waals surface area contributed by atoms with Crippen molar-refractivity contribution in [2.75, 3.05) is 18.0 Å². The Labute approximate surface area is 163 Å². The summed E-state index contributed by atoms with van der Waals surface area (Å²) in [5.41, 5.74) is -2.61. The van der Waals surface area contributed by atoms with Gasteiger partial charge in [-0.3, -0.25) is 4.79 Å². The fourth-order valence-electron chi connectivity index (χ4n) is 2.68. The predicted molar refractivity (Wildman–Crippen MR) is 91.5 cm³/mol. The van der Waals surface area contributed by atoms with E-state index in [0.717, 1.165) is 12.1 Å². The average molecular weight is 420 g/mol. The van der Waals surface area contributed by atoms with Crippen molar-refractivity contribution in [1.29, 1.82) is 10.5 Å². The molecule has 0 aliphatic carbocycles. The molecule has 158 valence electrons. The molecule has 0 bridgehead atoms. The van der Waals surface area contributed by atoms with E-state index < -0.39 is 47.7 Å². The normalized spacial score (nSPS) is 12.6. The van der Waals surface area contributed by atoms with E-state index in [2.05, 4.69) is 5.32 Å². The number of nitrogens with zero attached hydrogens (tertiary/aromatic N) is 3. The monoisotopic (exact) mass is 420 g/mol. The average Bonchev–Trinajstić information content (AvgIpc) is 2.62. The number of carbonyl (C=O) groups is 1. The number of anilines is 1. The summed E-state index contributed by atoms with van der Waals surface area (Å²) in [7, 11) is 0. The van der Waals surface area contributed by atoms with Crippen LogP contribution in [0.15, 0.2) is 18.2 Å². The maximum atomic E-state index is 13.2. The zero-order chi connectivity index (χ0) is 22.2. The number of halogens is 6. The Morgan fingerprint density at radius 1 is 1.21 bits per heavy atom. The number of benzene rings is 1. The number of nitrogens with one attached hydrogen (secondary N) is 1. The third-order valence-electron chi connectivity index (χ3n) is 3.89. The van der Waals surface area contributed by atoms with Crippen molar-refractivity contribution in [2.45, 2.75) is 44.6 Å². The molecule has 1 unspecified atom stereocenters. The van der Waals surface area contributed by atoms with E-state index in [1.807, 2.05) is 0 Å². The van der Waals surface area contributed by atoms with Crippen molar-refractivity contribution >= 4 is 11.6 Å². The Hall–Kier alpha value is -2.95. The van der Waals surface area contributed by atoms with Gasteiger partial charge in [0.15, 0.2) is 0 Å². The van der Waals surface area contributed by atoms with Crippen LogP contribution in [0.25, 0.3) is 0 Å². The molecule has 1 rings (SSSR count). The van der Waals surface area contributed by atoms with Crippen molar-refractivity contribution in [3.05, 3.63) is 29.3 Å². The fourth-order valence-corrected chi connectivity index (χ4v) is 2.68. The molecule has 11 heteroatoms. The third kappa shape index (κ3) is 7.18. The molecule has 0 heterocycles. The molecule has 1 amide bonds. The minimum Gasteiger partial charge on any atom is -0.353 e. The Morgan fingerprint density at radius 3 is 2.34 bits per heavy atom. The van der Waals surface area contributed by atoms with Crippen molar-refractivity contribution in [3.8, 4) is 12.1 Å². The number of amides is 1. The van der Waals surface area contributed by atoms with E-state index in [0.29, 0.717) is 11.0 Å². The van der Waals surface area contributed by atoms with Crippen molar-refractivity contribution < 1.29 is 31.1 Å². The molecule has 0 saturated carbocycles. The number of nitriles is 2. The first kappa shape index (κ1) is 24.1. The molecule has 0 radical (unpaired) electrons. The van der Waals surface area contributed by atoms with Crippen LogP contribution in [-0.4, -0.2) is 31.2 Å². The molecule has 0 aliphatic rings. The minimum atomic E-state index is -4.96. The van der Waals surface area contributed by atoms with E-state index in [4.69, 9.17) is 10.5 Å². The lowest BCUT2D eigenvalue weighted by atomic mass is 10.0. The van der Waals surface area contributed by atoms with Crippen molar-refractivity contribution in [3.63, 3.8) is 0 Å². The second-order valence-corrected chi connectivity index (χ2v) is 6.09. The predicted octanol–water partition coefficient (Wildman–Crippen LogP) is 4.14. The van der Waals surface area contributed by atoms with Crippen LogP contribution in [0.2, 0.25) is 0 Å². The summed E-state index contributed by atoms with van der Waals surface area (Å²) in [6.45, 7) is -0.148. The highest BCUT2D eigenvalue weighted by molar-refractivity contribution is 5.85. The Bertz CT molecular complexity index is 792. The fraction of sp³-hybridized carbons (Fsp3) is 0.500. The van der Waals surface area contributed by atoms with Gasteiger partial charge in [-0.2, -0.15) is 36.9 Å². The topological polar surface area (TPSA) is 79.9 Å². The van der Waals surface area contributed by atoms with Crippen LogP contribution in [0.5, 0.6) is 0 Å². The van der Waals surface area contributed by atoms with E-state index >= 15 is 0 Å². The highest BCUT2D eigenvalue weighted by Gasteiger charge is 2.39. The van der Waals surface area contributed by atoms with Gasteiger partial charge in [0, 0.05) is 12.2 Å². The number of hydrogen-bond acceptors (Lipinski definition) is 4. The standard InChI is InChI=1S/C18H18F6N4O/c1-2-4-15(16(29)27-8-3-7-25)28(11-17(19,20)21)13-6-5-12(10-26)14(9-13)18(22,23)24/h5-6,9,15H,2-4,8,11H2,1H3,(H,27,29). The molecule has 0 aromatic heterocycles. The molecule has 1 aromatic carbocycles. The zero-order valence-corrected chi connectivity index (χ0v) is 15.4. The lowest BCUT2D eigenvalue weighted by Crippen LogP contribution is -2.50. The van der Waals surface area contributed by atoms with E-state index in [-0.39, 0.29) is 25.8 Å². The molecule has 0 saturated heterocycles. The van der Waals surface area contributed by atoms with Gasteiger partial charge in [0.1, 0.15) is 12.6 Å². The van der Waals surface area contributed by atoms with Gasteiger partial charge in [0.25, 0.3) is 0 Å². The van der Waals surface area contributed by atoms with Gasteiger partial charge in [-0.15, -0.1) is 0 Å². The molecular weight excluding hydrogens is 402 g/mol. The summed E-state index contributed by atoms with van der Waals surface area (Å²) < 4.78 is 79.1. The van der Waals surface area contributed by atoms with Crippen LogP contribution in [-0.2, 0) is 11.0 Å². The van der Waals surface area contributed by atoms with Crippen LogP contribution in [0.4, 0.5) is 32.0 Å². The summed E-state index contributed by atoms with van der Waals surface area (Å²) in [4.78, 5) is 13.0. The molecule has 1 atom stereocenters. The summed E-state index contributed by atoms with van der Waals surface area (Å²) in [5, 5.41) is 19.7. The number of alkyl halides is 6. The van der Waals surface area contributed by atoms with Crippen LogP contribution in [0, 0.1) is 22.7 Å².